The molecule has 2 N–H and O–H groups in total. The van der Waals surface area contributed by atoms with Gasteiger partial charge in [0.2, 0.25) is 0 Å². The second-order valence-corrected chi connectivity index (χ2v) is 7.18. The minimum atomic E-state index is -0.979. The van der Waals surface area contributed by atoms with Gasteiger partial charge in [-0.15, -0.1) is 0 Å². The van der Waals surface area contributed by atoms with Crippen molar-refractivity contribution in [1.29, 1.82) is 5.26 Å². The Labute approximate surface area is 183 Å². The van der Waals surface area contributed by atoms with Crippen molar-refractivity contribution in [2.24, 2.45) is 0 Å². The molecule has 0 saturated carbocycles. The second-order valence-electron chi connectivity index (χ2n) is 6.75. The summed E-state index contributed by atoms with van der Waals surface area (Å²) in [5.74, 6) is 0.0154. The van der Waals surface area contributed by atoms with Crippen LogP contribution in [0.15, 0.2) is 66.7 Å². The number of aromatic amines is 1. The van der Waals surface area contributed by atoms with E-state index in [-0.39, 0.29) is 12.2 Å². The Bertz CT molecular complexity index is 1300. The largest absolute Gasteiger partial charge is 0.488 e. The number of halogens is 1. The molecule has 4 aromatic rings. The van der Waals surface area contributed by atoms with Crippen LogP contribution in [0, 0.1) is 11.3 Å². The zero-order valence-electron chi connectivity index (χ0n) is 16.2. The molecule has 1 heterocycles. The van der Waals surface area contributed by atoms with E-state index in [9.17, 15) is 10.1 Å². The van der Waals surface area contributed by atoms with Gasteiger partial charge in [-0.1, -0.05) is 35.9 Å². The molecule has 31 heavy (non-hydrogen) atoms. The quantitative estimate of drug-likeness (QED) is 0.391. The maximum absolute atomic E-state index is 11.0. The molecule has 0 aliphatic carbocycles. The molecule has 0 unspecified atom stereocenters. The lowest BCUT2D eigenvalue weighted by molar-refractivity contribution is 0.0697. The number of carbonyl (C=O) groups is 1. The average molecular weight is 430 g/mol. The lowest BCUT2D eigenvalue weighted by atomic mass is 10.1. The van der Waals surface area contributed by atoms with Gasteiger partial charge in [0.1, 0.15) is 24.3 Å². The molecular weight excluding hydrogens is 414 g/mol. The third kappa shape index (κ3) is 4.58. The number of imidazole rings is 1. The van der Waals surface area contributed by atoms with Crippen molar-refractivity contribution in [3.63, 3.8) is 0 Å². The molecule has 152 valence electrons. The number of hydrogen-bond acceptors (Lipinski definition) is 4. The fraction of sp³-hybridized carbons (Fsp3) is 0.0417. The number of rotatable bonds is 6. The summed E-state index contributed by atoms with van der Waals surface area (Å²) in [4.78, 5) is 18.6. The first kappa shape index (κ1) is 20.2. The van der Waals surface area contributed by atoms with Gasteiger partial charge in [0.25, 0.3) is 0 Å². The number of carboxylic acid groups (broad SMARTS) is 1. The number of ether oxygens (including phenoxy) is 1. The number of H-pyrrole nitrogens is 1. The molecular formula is C24H16ClN3O3. The van der Waals surface area contributed by atoms with Crippen molar-refractivity contribution in [3.05, 3.63) is 94.3 Å². The van der Waals surface area contributed by atoms with Crippen molar-refractivity contribution in [2.45, 2.75) is 6.61 Å². The Morgan fingerprint density at radius 2 is 1.94 bits per heavy atom. The van der Waals surface area contributed by atoms with Crippen molar-refractivity contribution < 1.29 is 14.6 Å². The normalized spacial score (nSPS) is 11.3. The van der Waals surface area contributed by atoms with Gasteiger partial charge in [-0.25, -0.2) is 9.78 Å². The Balaban J connectivity index is 1.62. The summed E-state index contributed by atoms with van der Waals surface area (Å²) in [5, 5.41) is 19.2. The van der Waals surface area contributed by atoms with Crippen molar-refractivity contribution in [3.8, 4) is 11.8 Å². The van der Waals surface area contributed by atoms with Crippen LogP contribution in [0.2, 0.25) is 5.02 Å². The molecule has 6 nitrogen and oxygen atoms in total. The topological polar surface area (TPSA) is 99.0 Å². The monoisotopic (exact) mass is 429 g/mol. The number of nitriles is 1. The van der Waals surface area contributed by atoms with Gasteiger partial charge in [0.15, 0.2) is 0 Å². The summed E-state index contributed by atoms with van der Waals surface area (Å²) >= 11 is 6.17. The predicted molar refractivity (Wildman–Crippen MR) is 119 cm³/mol. The van der Waals surface area contributed by atoms with E-state index in [2.05, 4.69) is 16.0 Å². The summed E-state index contributed by atoms with van der Waals surface area (Å²) in [6.45, 7) is 0.231. The average Bonchev–Trinajstić information content (AvgIpc) is 3.21. The fourth-order valence-electron chi connectivity index (χ4n) is 3.06. The minimum absolute atomic E-state index is 0.211. The van der Waals surface area contributed by atoms with Crippen LogP contribution in [0.25, 0.3) is 22.7 Å². The van der Waals surface area contributed by atoms with Gasteiger partial charge in [0, 0.05) is 10.6 Å². The van der Waals surface area contributed by atoms with E-state index < -0.39 is 5.97 Å². The highest BCUT2D eigenvalue weighted by atomic mass is 35.5. The molecule has 0 aliphatic heterocycles. The highest BCUT2D eigenvalue weighted by molar-refractivity contribution is 6.30. The zero-order chi connectivity index (χ0) is 21.8. The molecule has 0 spiro atoms. The SMILES string of the molecule is N#C/C(=C\c1cc(Cl)ccc1OCc1ccc(C(=O)O)cc1)c1nc2ccccc2[nH]1. The first-order valence-corrected chi connectivity index (χ1v) is 9.73. The zero-order valence-corrected chi connectivity index (χ0v) is 16.9. The number of fused-ring (bicyclic) bond motifs is 1. The Hall–Kier alpha value is -4.08. The number of carboxylic acids is 1. The number of allylic oxidation sites excluding steroid dienone is 1. The Morgan fingerprint density at radius 3 is 2.65 bits per heavy atom. The molecule has 0 aliphatic rings. The number of para-hydroxylation sites is 2. The lowest BCUT2D eigenvalue weighted by Gasteiger charge is -2.10. The third-order valence-electron chi connectivity index (χ3n) is 4.63. The van der Waals surface area contributed by atoms with E-state index in [0.717, 1.165) is 16.6 Å². The maximum atomic E-state index is 11.0. The molecule has 0 saturated heterocycles. The molecule has 0 fully saturated rings. The number of hydrogen-bond donors (Lipinski definition) is 2. The number of nitrogens with zero attached hydrogens (tertiary/aromatic N) is 2. The van der Waals surface area contributed by atoms with Crippen LogP contribution in [0.3, 0.4) is 0 Å². The van der Waals surface area contributed by atoms with Crippen LogP contribution < -0.4 is 4.74 Å². The Morgan fingerprint density at radius 1 is 1.16 bits per heavy atom. The smallest absolute Gasteiger partial charge is 0.335 e. The minimum Gasteiger partial charge on any atom is -0.488 e. The second kappa shape index (κ2) is 8.74. The van der Waals surface area contributed by atoms with Gasteiger partial charge in [-0.3, -0.25) is 0 Å². The maximum Gasteiger partial charge on any atom is 0.335 e. The van der Waals surface area contributed by atoms with Crippen molar-refractivity contribution >= 4 is 40.3 Å². The van der Waals surface area contributed by atoms with Gasteiger partial charge in [-0.05, 0) is 54.1 Å². The fourth-order valence-corrected chi connectivity index (χ4v) is 3.24. The van der Waals surface area contributed by atoms with Crippen LogP contribution in [-0.4, -0.2) is 21.0 Å². The number of aromatic carboxylic acids is 1. The van der Waals surface area contributed by atoms with Gasteiger partial charge in [0.05, 0.1) is 22.2 Å². The standard InChI is InChI=1S/C24H16ClN3O3/c25-19-9-10-22(31-14-15-5-7-16(8-6-15)24(29)30)17(12-19)11-18(13-26)23-27-20-3-1-2-4-21(20)28-23/h1-12H,14H2,(H,27,28)(H,29,30)/b18-11+. The predicted octanol–water partition coefficient (Wildman–Crippen LogP) is 5.56. The van der Waals surface area contributed by atoms with E-state index in [1.807, 2.05) is 24.3 Å². The molecule has 3 aromatic carbocycles. The molecule has 1 aromatic heterocycles. The third-order valence-corrected chi connectivity index (χ3v) is 4.87. The first-order chi connectivity index (χ1) is 15.0. The summed E-state index contributed by atoms with van der Waals surface area (Å²) in [5.41, 5.74) is 3.61. The van der Waals surface area contributed by atoms with Gasteiger partial charge in [-0.2, -0.15) is 5.26 Å². The van der Waals surface area contributed by atoms with E-state index in [1.54, 1.807) is 36.4 Å². The van der Waals surface area contributed by atoms with Crippen molar-refractivity contribution in [2.75, 3.05) is 0 Å². The van der Waals surface area contributed by atoms with E-state index in [4.69, 9.17) is 21.4 Å². The summed E-state index contributed by atoms with van der Waals surface area (Å²) in [6, 6.07) is 21.3. The molecule has 0 atom stereocenters. The van der Waals surface area contributed by atoms with Gasteiger partial charge < -0.3 is 14.8 Å². The van der Waals surface area contributed by atoms with E-state index >= 15 is 0 Å². The summed E-state index contributed by atoms with van der Waals surface area (Å²) in [6.07, 6.45) is 1.67. The van der Waals surface area contributed by atoms with Gasteiger partial charge >= 0.3 is 5.97 Å². The lowest BCUT2D eigenvalue weighted by Crippen LogP contribution is -2.00. The molecule has 0 radical (unpaired) electrons. The highest BCUT2D eigenvalue weighted by Gasteiger charge is 2.11. The van der Waals surface area contributed by atoms with Crippen LogP contribution >= 0.6 is 11.6 Å². The van der Waals surface area contributed by atoms with Crippen LogP contribution in [-0.2, 0) is 6.61 Å². The number of nitrogens with one attached hydrogen (secondary N) is 1. The molecule has 0 bridgehead atoms. The first-order valence-electron chi connectivity index (χ1n) is 9.35. The Kier molecular flexibility index (Phi) is 5.69. The summed E-state index contributed by atoms with van der Waals surface area (Å²) in [7, 11) is 0. The molecule has 4 rings (SSSR count). The van der Waals surface area contributed by atoms with Crippen LogP contribution in [0.5, 0.6) is 5.75 Å². The number of benzene rings is 3. The number of aromatic nitrogens is 2. The van der Waals surface area contributed by atoms with Crippen LogP contribution in [0.1, 0.15) is 27.3 Å². The van der Waals surface area contributed by atoms with E-state index in [1.165, 1.54) is 12.1 Å². The van der Waals surface area contributed by atoms with Crippen LogP contribution in [0.4, 0.5) is 0 Å². The highest BCUT2D eigenvalue weighted by Crippen LogP contribution is 2.28. The molecule has 0 amide bonds. The van der Waals surface area contributed by atoms with E-state index in [0.29, 0.717) is 27.7 Å². The van der Waals surface area contributed by atoms with Crippen molar-refractivity contribution in [1.82, 2.24) is 9.97 Å². The molecule has 7 heteroatoms. The summed E-state index contributed by atoms with van der Waals surface area (Å²) < 4.78 is 5.93.